The molecule has 17 heavy (non-hydrogen) atoms. The number of benzene rings is 1. The summed E-state index contributed by atoms with van der Waals surface area (Å²) in [6.07, 6.45) is 4.35. The van der Waals surface area contributed by atoms with E-state index in [-0.39, 0.29) is 6.10 Å². The molecule has 1 radical (unpaired) electrons. The van der Waals surface area contributed by atoms with Crippen LogP contribution in [0.15, 0.2) is 53.9 Å². The third-order valence-corrected chi connectivity index (χ3v) is 2.78. The Balaban J connectivity index is 1.78. The average Bonchev–Trinajstić information content (AvgIpc) is 2.90. The second-order valence-corrected chi connectivity index (χ2v) is 3.91. The van der Waals surface area contributed by atoms with E-state index >= 15 is 0 Å². The molecule has 3 nitrogen and oxygen atoms in total. The van der Waals surface area contributed by atoms with Crippen LogP contribution < -0.4 is 0 Å². The second-order valence-electron chi connectivity index (χ2n) is 3.91. The van der Waals surface area contributed by atoms with Gasteiger partial charge in [0.05, 0.1) is 5.71 Å². The summed E-state index contributed by atoms with van der Waals surface area (Å²) in [7, 11) is 0. The summed E-state index contributed by atoms with van der Waals surface area (Å²) in [5.74, 6) is 0. The minimum Gasteiger partial charge on any atom is -0.387 e. The number of oxime groups is 1. The van der Waals surface area contributed by atoms with Crippen molar-refractivity contribution in [2.75, 3.05) is 0 Å². The van der Waals surface area contributed by atoms with Crippen molar-refractivity contribution in [3.63, 3.8) is 0 Å². The molecule has 1 aliphatic rings. The third kappa shape index (κ3) is 2.04. The molecule has 0 amide bonds. The molecule has 0 N–H and O–H groups in total. The fraction of sp³-hybridized carbons (Fsp3) is 0.143. The van der Waals surface area contributed by atoms with Crippen molar-refractivity contribution < 1.29 is 4.84 Å². The Morgan fingerprint density at radius 2 is 2.12 bits per heavy atom. The molecule has 3 rings (SSSR count). The van der Waals surface area contributed by atoms with Crippen LogP contribution in [0, 0.1) is 6.07 Å². The Labute approximate surface area is 99.8 Å². The van der Waals surface area contributed by atoms with E-state index in [9.17, 15) is 0 Å². The molecule has 0 fully saturated rings. The van der Waals surface area contributed by atoms with Crippen molar-refractivity contribution in [1.29, 1.82) is 0 Å². The predicted octanol–water partition coefficient (Wildman–Crippen LogP) is 2.75. The Kier molecular flexibility index (Phi) is 2.58. The zero-order valence-corrected chi connectivity index (χ0v) is 9.21. The molecule has 2 aromatic rings. The molecule has 0 aliphatic carbocycles. The molecule has 0 bridgehead atoms. The zero-order valence-electron chi connectivity index (χ0n) is 9.21. The summed E-state index contributed by atoms with van der Waals surface area (Å²) in [6.45, 7) is 0. The fourth-order valence-electron chi connectivity index (χ4n) is 1.87. The van der Waals surface area contributed by atoms with Gasteiger partial charge in [-0.3, -0.25) is 4.98 Å². The summed E-state index contributed by atoms with van der Waals surface area (Å²) >= 11 is 0. The van der Waals surface area contributed by atoms with Gasteiger partial charge in [-0.1, -0.05) is 35.5 Å². The molecule has 1 unspecified atom stereocenters. The molecule has 0 saturated heterocycles. The van der Waals surface area contributed by atoms with E-state index in [1.807, 2.05) is 42.6 Å². The molecular weight excluding hydrogens is 212 g/mol. The van der Waals surface area contributed by atoms with Crippen LogP contribution in [-0.2, 0) is 4.84 Å². The number of hydrogen-bond donors (Lipinski definition) is 0. The van der Waals surface area contributed by atoms with Crippen molar-refractivity contribution in [2.24, 2.45) is 5.16 Å². The Morgan fingerprint density at radius 1 is 1.24 bits per heavy atom. The Bertz CT molecular complexity index is 522. The van der Waals surface area contributed by atoms with Crippen molar-refractivity contribution in [3.8, 4) is 0 Å². The molecule has 0 spiro atoms. The van der Waals surface area contributed by atoms with E-state index in [4.69, 9.17) is 4.84 Å². The van der Waals surface area contributed by atoms with Crippen LogP contribution >= 0.6 is 0 Å². The first-order valence-corrected chi connectivity index (χ1v) is 5.52. The quantitative estimate of drug-likeness (QED) is 0.784. The summed E-state index contributed by atoms with van der Waals surface area (Å²) in [6, 6.07) is 14.7. The Hall–Kier alpha value is -2.16. The molecule has 83 valence electrons. The molecule has 1 aromatic carbocycles. The summed E-state index contributed by atoms with van der Waals surface area (Å²) in [5.41, 5.74) is 3.14. The van der Waals surface area contributed by atoms with Gasteiger partial charge in [-0.2, -0.15) is 0 Å². The third-order valence-electron chi connectivity index (χ3n) is 2.78. The normalized spacial score (nSPS) is 18.6. The number of hydrogen-bond acceptors (Lipinski definition) is 3. The molecule has 2 heterocycles. The first-order valence-electron chi connectivity index (χ1n) is 5.52. The van der Waals surface area contributed by atoms with Gasteiger partial charge in [-0.05, 0) is 17.7 Å². The fourth-order valence-corrected chi connectivity index (χ4v) is 1.87. The summed E-state index contributed by atoms with van der Waals surface area (Å²) in [4.78, 5) is 9.53. The van der Waals surface area contributed by atoms with Gasteiger partial charge in [0.2, 0.25) is 0 Å². The van der Waals surface area contributed by atoms with E-state index < -0.39 is 0 Å². The average molecular weight is 223 g/mol. The number of nitrogens with zero attached hydrogens (tertiary/aromatic N) is 2. The van der Waals surface area contributed by atoms with Crippen LogP contribution in [0.3, 0.4) is 0 Å². The SMILES string of the molecule is [c]1ccc(C2=NOC(c3cccnc3)C2)cc1. The highest BCUT2D eigenvalue weighted by Crippen LogP contribution is 2.28. The van der Waals surface area contributed by atoms with Gasteiger partial charge in [0, 0.05) is 24.4 Å². The van der Waals surface area contributed by atoms with E-state index in [1.165, 1.54) is 0 Å². The van der Waals surface area contributed by atoms with Gasteiger partial charge in [0.25, 0.3) is 0 Å². The lowest BCUT2D eigenvalue weighted by Gasteiger charge is -2.06. The first kappa shape index (κ1) is 10.0. The van der Waals surface area contributed by atoms with Gasteiger partial charge in [0.15, 0.2) is 6.10 Å². The van der Waals surface area contributed by atoms with Gasteiger partial charge >= 0.3 is 0 Å². The van der Waals surface area contributed by atoms with E-state index in [2.05, 4.69) is 16.2 Å². The largest absolute Gasteiger partial charge is 0.387 e. The van der Waals surface area contributed by atoms with Gasteiger partial charge in [-0.15, -0.1) is 0 Å². The van der Waals surface area contributed by atoms with Crippen LogP contribution in [0.25, 0.3) is 0 Å². The molecule has 3 heteroatoms. The maximum absolute atomic E-state index is 5.44. The lowest BCUT2D eigenvalue weighted by atomic mass is 10.0. The van der Waals surface area contributed by atoms with Crippen molar-refractivity contribution >= 4 is 5.71 Å². The Morgan fingerprint density at radius 3 is 2.88 bits per heavy atom. The maximum Gasteiger partial charge on any atom is 0.159 e. The monoisotopic (exact) mass is 223 g/mol. The predicted molar refractivity (Wildman–Crippen MR) is 64.5 cm³/mol. The van der Waals surface area contributed by atoms with Crippen LogP contribution in [-0.4, -0.2) is 10.7 Å². The van der Waals surface area contributed by atoms with Gasteiger partial charge in [0.1, 0.15) is 0 Å². The summed E-state index contributed by atoms with van der Waals surface area (Å²) in [5, 5.41) is 4.14. The molecular formula is C14H11N2O. The molecule has 1 atom stereocenters. The minimum absolute atomic E-state index is 0.0112. The van der Waals surface area contributed by atoms with Crippen molar-refractivity contribution in [1.82, 2.24) is 4.98 Å². The van der Waals surface area contributed by atoms with E-state index in [0.717, 1.165) is 23.3 Å². The number of rotatable bonds is 2. The second kappa shape index (κ2) is 4.37. The van der Waals surface area contributed by atoms with Gasteiger partial charge < -0.3 is 4.84 Å². The molecule has 1 aromatic heterocycles. The standard InChI is InChI=1S/C14H11N2O/c1-2-5-11(6-3-1)13-9-14(17-16-13)12-7-4-8-15-10-12/h2-8,10,14H,9H2. The van der Waals surface area contributed by atoms with Crippen LogP contribution in [0.5, 0.6) is 0 Å². The number of pyridine rings is 1. The topological polar surface area (TPSA) is 34.5 Å². The van der Waals surface area contributed by atoms with Crippen LogP contribution in [0.1, 0.15) is 23.7 Å². The smallest absolute Gasteiger partial charge is 0.159 e. The van der Waals surface area contributed by atoms with Gasteiger partial charge in [-0.25, -0.2) is 0 Å². The van der Waals surface area contributed by atoms with Crippen molar-refractivity contribution in [3.05, 3.63) is 66.0 Å². The zero-order chi connectivity index (χ0) is 11.5. The summed E-state index contributed by atoms with van der Waals surface area (Å²) < 4.78 is 0. The van der Waals surface area contributed by atoms with E-state index in [0.29, 0.717) is 0 Å². The highest BCUT2D eigenvalue weighted by atomic mass is 16.6. The first-order chi connectivity index (χ1) is 8.43. The van der Waals surface area contributed by atoms with E-state index in [1.54, 1.807) is 6.20 Å². The highest BCUT2D eigenvalue weighted by molar-refractivity contribution is 6.01. The van der Waals surface area contributed by atoms with Crippen LogP contribution in [0.2, 0.25) is 0 Å². The highest BCUT2D eigenvalue weighted by Gasteiger charge is 2.23. The lowest BCUT2D eigenvalue weighted by Crippen LogP contribution is -2.01. The van der Waals surface area contributed by atoms with Crippen molar-refractivity contribution in [2.45, 2.75) is 12.5 Å². The molecule has 1 aliphatic heterocycles. The molecule has 0 saturated carbocycles. The van der Waals surface area contributed by atoms with Crippen LogP contribution in [0.4, 0.5) is 0 Å². The lowest BCUT2D eigenvalue weighted by molar-refractivity contribution is 0.0855. The number of aromatic nitrogens is 1. The maximum atomic E-state index is 5.44. The minimum atomic E-state index is -0.0112.